The van der Waals surface area contributed by atoms with Gasteiger partial charge in [-0.1, -0.05) is 0 Å². The predicted octanol–water partition coefficient (Wildman–Crippen LogP) is 2.13. The van der Waals surface area contributed by atoms with Crippen LogP contribution in [0.5, 0.6) is 0 Å². The maximum absolute atomic E-state index is 13.5. The number of carbonyl (C=O) groups is 2. The van der Waals surface area contributed by atoms with E-state index in [9.17, 15) is 18.4 Å². The minimum atomic E-state index is -1.16. The highest BCUT2D eigenvalue weighted by molar-refractivity contribution is 5.95. The van der Waals surface area contributed by atoms with Crippen molar-refractivity contribution in [2.24, 2.45) is 0 Å². The maximum Gasteiger partial charge on any atom is 0.308 e. The van der Waals surface area contributed by atoms with Crippen molar-refractivity contribution >= 4 is 23.5 Å². The Labute approximate surface area is 142 Å². The van der Waals surface area contributed by atoms with Gasteiger partial charge in [-0.25, -0.2) is 18.7 Å². The Kier molecular flexibility index (Phi) is 6.33. The first-order chi connectivity index (χ1) is 12.0. The van der Waals surface area contributed by atoms with Crippen LogP contribution in [-0.2, 0) is 14.3 Å². The first kappa shape index (κ1) is 18.2. The average molecular weight is 350 g/mol. The first-order valence-electron chi connectivity index (χ1n) is 7.42. The van der Waals surface area contributed by atoms with E-state index in [-0.39, 0.29) is 18.7 Å². The highest BCUT2D eigenvalue weighted by atomic mass is 19.1. The van der Waals surface area contributed by atoms with Gasteiger partial charge >= 0.3 is 5.97 Å². The third-order valence-corrected chi connectivity index (χ3v) is 3.04. The molecule has 1 aromatic carbocycles. The lowest BCUT2D eigenvalue weighted by atomic mass is 10.2. The smallest absolute Gasteiger partial charge is 0.308 e. The van der Waals surface area contributed by atoms with Crippen molar-refractivity contribution in [2.75, 3.05) is 17.2 Å². The second-order valence-electron chi connectivity index (χ2n) is 4.99. The van der Waals surface area contributed by atoms with Crippen LogP contribution >= 0.6 is 0 Å². The molecule has 2 aromatic rings. The molecule has 1 heterocycles. The van der Waals surface area contributed by atoms with E-state index in [1.807, 2.05) is 0 Å². The number of carbonyl (C=O) groups excluding carboxylic acids is 2. The molecule has 1 aromatic heterocycles. The molecule has 1 unspecified atom stereocenters. The van der Waals surface area contributed by atoms with Crippen molar-refractivity contribution < 1.29 is 23.1 Å². The second kappa shape index (κ2) is 8.67. The zero-order chi connectivity index (χ0) is 18.2. The lowest BCUT2D eigenvalue weighted by Crippen LogP contribution is -2.30. The number of amides is 1. The van der Waals surface area contributed by atoms with Crippen LogP contribution in [0.1, 0.15) is 13.3 Å². The van der Waals surface area contributed by atoms with E-state index in [0.717, 1.165) is 18.2 Å². The normalized spacial score (nSPS) is 11.5. The number of anilines is 2. The number of aromatic nitrogens is 2. The van der Waals surface area contributed by atoms with Crippen LogP contribution in [-0.4, -0.2) is 34.5 Å². The average Bonchev–Trinajstić information content (AvgIpc) is 2.59. The van der Waals surface area contributed by atoms with E-state index in [0.29, 0.717) is 5.95 Å². The summed E-state index contributed by atoms with van der Waals surface area (Å²) in [6.45, 7) is 1.55. The van der Waals surface area contributed by atoms with Gasteiger partial charge in [0.1, 0.15) is 11.6 Å². The fourth-order valence-corrected chi connectivity index (χ4v) is 1.80. The number of esters is 1. The molecule has 9 heteroatoms. The molecule has 7 nitrogen and oxygen atoms in total. The molecule has 2 rings (SSSR count). The Hall–Kier alpha value is -3.10. The summed E-state index contributed by atoms with van der Waals surface area (Å²) < 4.78 is 31.5. The van der Waals surface area contributed by atoms with Crippen LogP contribution in [0.15, 0.2) is 36.7 Å². The minimum Gasteiger partial charge on any atom is -0.452 e. The Morgan fingerprint density at radius 1 is 1.24 bits per heavy atom. The summed E-state index contributed by atoms with van der Waals surface area (Å²) in [5.74, 6) is -2.53. The van der Waals surface area contributed by atoms with Crippen LogP contribution in [0.3, 0.4) is 0 Å². The van der Waals surface area contributed by atoms with Crippen molar-refractivity contribution in [3.63, 3.8) is 0 Å². The number of halogens is 2. The molecule has 0 aliphatic rings. The number of hydrogen-bond donors (Lipinski definition) is 2. The van der Waals surface area contributed by atoms with E-state index >= 15 is 0 Å². The van der Waals surface area contributed by atoms with Crippen LogP contribution in [0.4, 0.5) is 20.4 Å². The highest BCUT2D eigenvalue weighted by Crippen LogP contribution is 2.15. The van der Waals surface area contributed by atoms with Gasteiger partial charge in [-0.05, 0) is 25.1 Å². The molecule has 0 spiro atoms. The van der Waals surface area contributed by atoms with E-state index in [4.69, 9.17) is 4.74 Å². The summed E-state index contributed by atoms with van der Waals surface area (Å²) in [6.07, 6.45) is 1.91. The molecule has 25 heavy (non-hydrogen) atoms. The molecule has 132 valence electrons. The van der Waals surface area contributed by atoms with Gasteiger partial charge in [-0.2, -0.15) is 0 Å². The lowest BCUT2D eigenvalue weighted by molar-refractivity contribution is -0.152. The fourth-order valence-electron chi connectivity index (χ4n) is 1.80. The SMILES string of the molecule is CC(OC(=O)CCNc1ncccn1)C(=O)Nc1cc(F)ccc1F. The largest absolute Gasteiger partial charge is 0.452 e. The topological polar surface area (TPSA) is 93.2 Å². The molecule has 0 bridgehead atoms. The molecule has 0 saturated carbocycles. The lowest BCUT2D eigenvalue weighted by Gasteiger charge is -2.14. The standard InChI is InChI=1S/C16H16F2N4O3/c1-10(15(24)22-13-9-11(17)3-4-12(13)18)25-14(23)5-8-21-16-19-6-2-7-20-16/h2-4,6-7,9-10H,5,8H2,1H3,(H,22,24)(H,19,20,21). The Bertz CT molecular complexity index is 743. The molecule has 1 atom stereocenters. The van der Waals surface area contributed by atoms with E-state index in [1.165, 1.54) is 6.92 Å². The molecule has 0 saturated heterocycles. The fraction of sp³-hybridized carbons (Fsp3) is 0.250. The van der Waals surface area contributed by atoms with Gasteiger partial charge in [-0.15, -0.1) is 0 Å². The van der Waals surface area contributed by atoms with Crippen LogP contribution in [0.2, 0.25) is 0 Å². The van der Waals surface area contributed by atoms with Crippen LogP contribution < -0.4 is 10.6 Å². The van der Waals surface area contributed by atoms with Gasteiger partial charge in [-0.3, -0.25) is 9.59 Å². The number of ether oxygens (including phenoxy) is 1. The minimum absolute atomic E-state index is 0.0236. The number of hydrogen-bond acceptors (Lipinski definition) is 6. The maximum atomic E-state index is 13.5. The summed E-state index contributed by atoms with van der Waals surface area (Å²) in [7, 11) is 0. The second-order valence-corrected chi connectivity index (χ2v) is 4.99. The molecule has 2 N–H and O–H groups in total. The zero-order valence-corrected chi connectivity index (χ0v) is 13.3. The summed E-state index contributed by atoms with van der Waals surface area (Å²) in [5.41, 5.74) is -0.323. The monoisotopic (exact) mass is 350 g/mol. The van der Waals surface area contributed by atoms with Crippen molar-refractivity contribution in [1.29, 1.82) is 0 Å². The zero-order valence-electron chi connectivity index (χ0n) is 13.3. The third-order valence-electron chi connectivity index (χ3n) is 3.04. The molecule has 0 fully saturated rings. The molecular weight excluding hydrogens is 334 g/mol. The third kappa shape index (κ3) is 5.79. The summed E-state index contributed by atoms with van der Waals surface area (Å²) in [4.78, 5) is 31.4. The van der Waals surface area contributed by atoms with E-state index in [1.54, 1.807) is 18.5 Å². The van der Waals surface area contributed by atoms with E-state index in [2.05, 4.69) is 20.6 Å². The highest BCUT2D eigenvalue weighted by Gasteiger charge is 2.19. The number of nitrogens with zero attached hydrogens (tertiary/aromatic N) is 2. The molecule has 0 aliphatic carbocycles. The quantitative estimate of drug-likeness (QED) is 0.743. The molecule has 0 radical (unpaired) electrons. The van der Waals surface area contributed by atoms with Gasteiger partial charge in [0, 0.05) is 25.0 Å². The van der Waals surface area contributed by atoms with Gasteiger partial charge in [0.15, 0.2) is 6.10 Å². The Morgan fingerprint density at radius 3 is 2.68 bits per heavy atom. The van der Waals surface area contributed by atoms with Gasteiger partial charge < -0.3 is 15.4 Å². The van der Waals surface area contributed by atoms with Crippen LogP contribution in [0, 0.1) is 11.6 Å². The number of nitrogens with one attached hydrogen (secondary N) is 2. The Morgan fingerprint density at radius 2 is 1.96 bits per heavy atom. The van der Waals surface area contributed by atoms with Crippen molar-refractivity contribution in [1.82, 2.24) is 9.97 Å². The molecular formula is C16H16F2N4O3. The first-order valence-corrected chi connectivity index (χ1v) is 7.42. The van der Waals surface area contributed by atoms with E-state index < -0.39 is 29.6 Å². The summed E-state index contributed by atoms with van der Waals surface area (Å²) in [5, 5.41) is 4.99. The number of rotatable bonds is 7. The van der Waals surface area contributed by atoms with Crippen LogP contribution in [0.25, 0.3) is 0 Å². The molecule has 0 aliphatic heterocycles. The van der Waals surface area contributed by atoms with Crippen molar-refractivity contribution in [3.05, 3.63) is 48.3 Å². The molecule has 1 amide bonds. The predicted molar refractivity (Wildman–Crippen MR) is 85.7 cm³/mol. The number of benzene rings is 1. The van der Waals surface area contributed by atoms with Crippen molar-refractivity contribution in [2.45, 2.75) is 19.4 Å². The van der Waals surface area contributed by atoms with Crippen molar-refractivity contribution in [3.8, 4) is 0 Å². The summed E-state index contributed by atoms with van der Waals surface area (Å²) in [6, 6.07) is 4.31. The van der Waals surface area contributed by atoms with Gasteiger partial charge in [0.05, 0.1) is 12.1 Å². The van der Waals surface area contributed by atoms with Gasteiger partial charge in [0.25, 0.3) is 5.91 Å². The summed E-state index contributed by atoms with van der Waals surface area (Å²) >= 11 is 0. The Balaban J connectivity index is 1.78. The van der Waals surface area contributed by atoms with Gasteiger partial charge in [0.2, 0.25) is 5.95 Å².